The molecule has 4 aromatic heterocycles. The molecule has 3 nitrogen and oxygen atoms in total. The van der Waals surface area contributed by atoms with Gasteiger partial charge in [0.2, 0.25) is 0 Å². The first-order valence-corrected chi connectivity index (χ1v) is 20.6. The average molecular weight is 662 g/mol. The molecule has 0 aliphatic heterocycles. The van der Waals surface area contributed by atoms with E-state index in [2.05, 4.69) is 73.1 Å². The summed E-state index contributed by atoms with van der Waals surface area (Å²) in [5.74, 6) is 6.23. The molecule has 5 saturated carbocycles. The van der Waals surface area contributed by atoms with Crippen LogP contribution in [-0.2, 0) is 5.41 Å². The van der Waals surface area contributed by atoms with Gasteiger partial charge in [0.15, 0.2) is 0 Å². The van der Waals surface area contributed by atoms with Gasteiger partial charge in [-0.3, -0.25) is 9.97 Å². The highest BCUT2D eigenvalue weighted by Crippen LogP contribution is 2.76. The van der Waals surface area contributed by atoms with Crippen molar-refractivity contribution in [1.29, 1.82) is 0 Å². The van der Waals surface area contributed by atoms with Crippen molar-refractivity contribution >= 4 is 48.9 Å². The molecule has 1 spiro atoms. The fourth-order valence-electron chi connectivity index (χ4n) is 16.1. The van der Waals surface area contributed by atoms with Crippen LogP contribution in [0.1, 0.15) is 135 Å². The predicted octanol–water partition coefficient (Wildman–Crippen LogP) is 11.9. The highest BCUT2D eigenvalue weighted by molar-refractivity contribution is 6.28. The van der Waals surface area contributed by atoms with Crippen LogP contribution in [0.2, 0.25) is 0 Å². The van der Waals surface area contributed by atoms with Crippen molar-refractivity contribution in [3.05, 3.63) is 88.5 Å². The smallest absolute Gasteiger partial charge is 0.0728 e. The van der Waals surface area contributed by atoms with Crippen molar-refractivity contribution in [3.63, 3.8) is 0 Å². The Bertz CT molecular complexity index is 2800. The van der Waals surface area contributed by atoms with Gasteiger partial charge in [-0.25, -0.2) is 0 Å². The summed E-state index contributed by atoms with van der Waals surface area (Å²) >= 11 is 0. The fourth-order valence-corrected chi connectivity index (χ4v) is 16.1. The lowest BCUT2D eigenvalue weighted by molar-refractivity contribution is 0.00321. The van der Waals surface area contributed by atoms with Gasteiger partial charge < -0.3 is 4.40 Å². The Kier molecular flexibility index (Phi) is 4.27. The quantitative estimate of drug-likeness (QED) is 0.162. The second-order valence-corrected chi connectivity index (χ2v) is 19.8. The van der Waals surface area contributed by atoms with Crippen LogP contribution in [-0.4, -0.2) is 14.4 Å². The third-order valence-electron chi connectivity index (χ3n) is 17.6. The molecule has 7 bridgehead atoms. The van der Waals surface area contributed by atoms with E-state index in [4.69, 9.17) is 9.97 Å². The third kappa shape index (κ3) is 2.75. The molecule has 9 aliphatic carbocycles. The maximum absolute atomic E-state index is 5.57. The highest BCUT2D eigenvalue weighted by Gasteiger charge is 2.66. The van der Waals surface area contributed by atoms with E-state index in [0.29, 0.717) is 29.1 Å². The number of hydrogen-bond donors (Lipinski definition) is 0. The Hall–Kier alpha value is -3.98. The summed E-state index contributed by atoms with van der Waals surface area (Å²) in [6.07, 6.45) is 18.6. The first kappa shape index (κ1) is 26.7. The van der Waals surface area contributed by atoms with Gasteiger partial charge in [-0.2, -0.15) is 0 Å². The van der Waals surface area contributed by atoms with Crippen molar-refractivity contribution in [2.24, 2.45) is 29.1 Å². The average Bonchev–Trinajstić information content (AvgIpc) is 3.77. The summed E-state index contributed by atoms with van der Waals surface area (Å²) in [6, 6.07) is 16.9. The van der Waals surface area contributed by atoms with E-state index in [1.807, 2.05) is 0 Å². The van der Waals surface area contributed by atoms with Crippen LogP contribution < -0.4 is 0 Å². The van der Waals surface area contributed by atoms with Crippen LogP contribution in [0, 0.1) is 29.1 Å². The molecule has 0 radical (unpaired) electrons. The summed E-state index contributed by atoms with van der Waals surface area (Å²) in [5, 5.41) is 9.00. The van der Waals surface area contributed by atoms with Crippen molar-refractivity contribution in [1.82, 2.24) is 14.4 Å². The molecule has 250 valence electrons. The van der Waals surface area contributed by atoms with Gasteiger partial charge in [-0.15, -0.1) is 0 Å². The molecular formula is C48H43N3. The maximum atomic E-state index is 5.57. The van der Waals surface area contributed by atoms with Gasteiger partial charge in [0.25, 0.3) is 0 Å². The van der Waals surface area contributed by atoms with Gasteiger partial charge in [0.05, 0.1) is 28.9 Å². The van der Waals surface area contributed by atoms with Gasteiger partial charge in [0.1, 0.15) is 0 Å². The molecule has 5 fully saturated rings. The SMILES string of the molecule is CC1(C)c2cccc3cccc(c23)-c2cc3c4c5c(ncc4n4c6cnc7c(c6c(c21)c34)C1CC2CC(CC7C2)C1)C1CC2CC3CC5CC23C1. The Morgan fingerprint density at radius 1 is 0.627 bits per heavy atom. The molecule has 0 amide bonds. The van der Waals surface area contributed by atoms with E-state index in [1.54, 1.807) is 32.8 Å². The number of hydrogen-bond acceptors (Lipinski definition) is 2. The molecule has 4 heterocycles. The molecule has 7 aromatic rings. The van der Waals surface area contributed by atoms with E-state index in [9.17, 15) is 0 Å². The molecular weight excluding hydrogens is 619 g/mol. The summed E-state index contributed by atoms with van der Waals surface area (Å²) in [5.41, 5.74) is 16.9. The van der Waals surface area contributed by atoms with E-state index >= 15 is 0 Å². The molecule has 7 atom stereocenters. The molecule has 0 saturated heterocycles. The van der Waals surface area contributed by atoms with Crippen LogP contribution in [0.3, 0.4) is 0 Å². The number of nitrogens with zero attached hydrogens (tertiary/aromatic N) is 3. The normalized spacial score (nSPS) is 35.5. The minimum absolute atomic E-state index is 0.138. The molecule has 9 aliphatic rings. The third-order valence-corrected chi connectivity index (χ3v) is 17.6. The predicted molar refractivity (Wildman–Crippen MR) is 205 cm³/mol. The molecule has 3 aromatic carbocycles. The summed E-state index contributed by atoms with van der Waals surface area (Å²) in [6.45, 7) is 5.07. The van der Waals surface area contributed by atoms with Gasteiger partial charge in [0, 0.05) is 50.2 Å². The largest absolute Gasteiger partial charge is 0.305 e. The Balaban J connectivity index is 1.17. The lowest BCUT2D eigenvalue weighted by Crippen LogP contribution is -2.41. The van der Waals surface area contributed by atoms with Crippen molar-refractivity contribution in [3.8, 4) is 11.1 Å². The van der Waals surface area contributed by atoms with Gasteiger partial charge in [-0.1, -0.05) is 50.2 Å². The van der Waals surface area contributed by atoms with E-state index < -0.39 is 0 Å². The summed E-state index contributed by atoms with van der Waals surface area (Å²) in [7, 11) is 0. The van der Waals surface area contributed by atoms with Crippen LogP contribution in [0.4, 0.5) is 0 Å². The lowest BCUT2D eigenvalue weighted by atomic mass is 9.56. The topological polar surface area (TPSA) is 30.2 Å². The van der Waals surface area contributed by atoms with Crippen LogP contribution >= 0.6 is 0 Å². The molecule has 3 heteroatoms. The first-order valence-electron chi connectivity index (χ1n) is 20.6. The van der Waals surface area contributed by atoms with E-state index in [-0.39, 0.29) is 5.41 Å². The highest BCUT2D eigenvalue weighted by atomic mass is 15.0. The number of benzene rings is 3. The monoisotopic (exact) mass is 661 g/mol. The standard InChI is InChI=1S/C48H43N3/c1-47(2)34-8-4-6-24-5-3-7-31(37(24)34)32-17-33-40-35(20-50-45-28-15-30-16-29-14-27(39(40)45)18-48(29,30)19-28)51-36-21-49-44-26-12-22-9-23(13-26)11-25(10-22)38(44)41(36)42(43(32)47)46(33)51/h3-8,17,20-23,25-30H,9-16,18-19H2,1-2H3. The number of fused-ring (bicyclic) bond motifs is 15. The van der Waals surface area contributed by atoms with Crippen LogP contribution in [0.5, 0.6) is 0 Å². The maximum Gasteiger partial charge on any atom is 0.0728 e. The molecule has 51 heavy (non-hydrogen) atoms. The lowest BCUT2D eigenvalue weighted by Gasteiger charge is -2.48. The Morgan fingerprint density at radius 3 is 2.14 bits per heavy atom. The molecule has 0 N–H and O–H groups in total. The second-order valence-electron chi connectivity index (χ2n) is 19.8. The zero-order valence-corrected chi connectivity index (χ0v) is 29.7. The summed E-state index contributed by atoms with van der Waals surface area (Å²) < 4.78 is 2.71. The summed E-state index contributed by atoms with van der Waals surface area (Å²) in [4.78, 5) is 11.1. The van der Waals surface area contributed by atoms with Crippen molar-refractivity contribution < 1.29 is 0 Å². The minimum atomic E-state index is -0.138. The van der Waals surface area contributed by atoms with E-state index in [1.165, 1.54) is 125 Å². The zero-order valence-electron chi connectivity index (χ0n) is 29.7. The number of aromatic nitrogens is 3. The molecule has 16 rings (SSSR count). The minimum Gasteiger partial charge on any atom is -0.305 e. The van der Waals surface area contributed by atoms with Crippen LogP contribution in [0.25, 0.3) is 60.0 Å². The van der Waals surface area contributed by atoms with Gasteiger partial charge >= 0.3 is 0 Å². The second kappa shape index (κ2) is 8.14. The number of rotatable bonds is 0. The number of pyridine rings is 2. The van der Waals surface area contributed by atoms with Crippen molar-refractivity contribution in [2.45, 2.75) is 107 Å². The van der Waals surface area contributed by atoms with Crippen molar-refractivity contribution in [2.75, 3.05) is 0 Å². The Labute approximate surface area is 298 Å². The van der Waals surface area contributed by atoms with E-state index in [0.717, 1.165) is 23.7 Å². The van der Waals surface area contributed by atoms with Gasteiger partial charge in [-0.05, 0) is 155 Å². The fraction of sp³-hybridized carbons (Fsp3) is 0.458. The van der Waals surface area contributed by atoms with Crippen LogP contribution in [0.15, 0.2) is 54.9 Å². The zero-order chi connectivity index (χ0) is 32.9. The Morgan fingerprint density at radius 2 is 1.31 bits per heavy atom. The first-order chi connectivity index (χ1) is 25.0. The molecule has 7 unspecified atom stereocenters.